The van der Waals surface area contributed by atoms with Crippen molar-refractivity contribution in [2.24, 2.45) is 0 Å². The average molecular weight is 291 g/mol. The molecule has 98 valence electrons. The van der Waals surface area contributed by atoms with E-state index in [2.05, 4.69) is 0 Å². The van der Waals surface area contributed by atoms with Crippen LogP contribution in [0.4, 0.5) is 4.39 Å². The Morgan fingerprint density at radius 1 is 1.39 bits per heavy atom. The van der Waals surface area contributed by atoms with E-state index in [4.69, 9.17) is 27.9 Å². The molecule has 5 heteroatoms. The molecule has 1 aromatic carbocycles. The first kappa shape index (κ1) is 15.0. The minimum Gasteiger partial charge on any atom is -0.463 e. The smallest absolute Gasteiger partial charge is 0.330 e. The highest BCUT2D eigenvalue weighted by Crippen LogP contribution is 2.25. The third kappa shape index (κ3) is 4.67. The summed E-state index contributed by atoms with van der Waals surface area (Å²) in [5, 5.41) is 0.224. The summed E-state index contributed by atoms with van der Waals surface area (Å²) < 4.78 is 18.1. The number of carbonyl (C=O) groups is 1. The summed E-state index contributed by atoms with van der Waals surface area (Å²) in [4.78, 5) is 11.3. The van der Waals surface area contributed by atoms with Crippen molar-refractivity contribution < 1.29 is 13.9 Å². The van der Waals surface area contributed by atoms with E-state index < -0.39 is 11.8 Å². The molecule has 0 fully saturated rings. The van der Waals surface area contributed by atoms with Crippen LogP contribution in [-0.2, 0) is 9.53 Å². The molecule has 0 amide bonds. The van der Waals surface area contributed by atoms with E-state index in [1.54, 1.807) is 0 Å². The van der Waals surface area contributed by atoms with Crippen LogP contribution in [0.15, 0.2) is 18.2 Å². The SMILES string of the molecule is CCCCOC(=O)/C=C/c1cc(F)c(Cl)cc1Cl. The fourth-order valence-corrected chi connectivity index (χ4v) is 1.63. The molecule has 0 aliphatic carbocycles. The minimum absolute atomic E-state index is 0.0531. The van der Waals surface area contributed by atoms with Crippen molar-refractivity contribution in [1.82, 2.24) is 0 Å². The van der Waals surface area contributed by atoms with E-state index >= 15 is 0 Å². The number of rotatable bonds is 5. The summed E-state index contributed by atoms with van der Waals surface area (Å²) in [7, 11) is 0. The third-order valence-electron chi connectivity index (χ3n) is 2.18. The molecule has 0 aliphatic heterocycles. The maximum atomic E-state index is 13.2. The molecule has 0 N–H and O–H groups in total. The monoisotopic (exact) mass is 290 g/mol. The van der Waals surface area contributed by atoms with Crippen LogP contribution in [0.2, 0.25) is 10.0 Å². The number of esters is 1. The Kier molecular flexibility index (Phi) is 6.16. The van der Waals surface area contributed by atoms with Crippen LogP contribution in [0.1, 0.15) is 25.3 Å². The van der Waals surface area contributed by atoms with Gasteiger partial charge in [-0.25, -0.2) is 9.18 Å². The fourth-order valence-electron chi connectivity index (χ4n) is 1.19. The first-order valence-electron chi connectivity index (χ1n) is 5.54. The van der Waals surface area contributed by atoms with Gasteiger partial charge in [0.2, 0.25) is 0 Å². The molecule has 2 nitrogen and oxygen atoms in total. The number of hydrogen-bond donors (Lipinski definition) is 0. The van der Waals surface area contributed by atoms with Crippen molar-refractivity contribution in [2.45, 2.75) is 19.8 Å². The Labute approximate surface area is 115 Å². The molecule has 0 aromatic heterocycles. The van der Waals surface area contributed by atoms with Gasteiger partial charge < -0.3 is 4.74 Å². The minimum atomic E-state index is -0.583. The van der Waals surface area contributed by atoms with Crippen LogP contribution in [0.25, 0.3) is 6.08 Å². The second-order valence-corrected chi connectivity index (χ2v) is 4.46. The molecule has 0 atom stereocenters. The maximum Gasteiger partial charge on any atom is 0.330 e. The summed E-state index contributed by atoms with van der Waals surface area (Å²) in [5.74, 6) is -1.06. The van der Waals surface area contributed by atoms with Crippen molar-refractivity contribution in [3.05, 3.63) is 39.6 Å². The standard InChI is InChI=1S/C13H13Cl2FO2/c1-2-3-6-18-13(17)5-4-9-7-12(16)11(15)8-10(9)14/h4-5,7-8H,2-3,6H2,1H3/b5-4+. The Morgan fingerprint density at radius 2 is 2.11 bits per heavy atom. The predicted molar refractivity (Wildman–Crippen MR) is 71.3 cm³/mol. The zero-order valence-electron chi connectivity index (χ0n) is 9.88. The Hall–Kier alpha value is -1.06. The van der Waals surface area contributed by atoms with Crippen LogP contribution < -0.4 is 0 Å². The van der Waals surface area contributed by atoms with Gasteiger partial charge in [0.1, 0.15) is 5.82 Å². The number of ether oxygens (including phenoxy) is 1. The fraction of sp³-hybridized carbons (Fsp3) is 0.308. The lowest BCUT2D eigenvalue weighted by Gasteiger charge is -2.01. The Bertz CT molecular complexity index is 459. The van der Waals surface area contributed by atoms with Crippen molar-refractivity contribution in [1.29, 1.82) is 0 Å². The van der Waals surface area contributed by atoms with E-state index in [9.17, 15) is 9.18 Å². The molecular weight excluding hydrogens is 278 g/mol. The van der Waals surface area contributed by atoms with Gasteiger partial charge in [0.25, 0.3) is 0 Å². The summed E-state index contributed by atoms with van der Waals surface area (Å²) in [6.07, 6.45) is 4.38. The molecule has 0 spiro atoms. The lowest BCUT2D eigenvalue weighted by Crippen LogP contribution is -2.01. The van der Waals surface area contributed by atoms with Gasteiger partial charge in [-0.1, -0.05) is 36.5 Å². The predicted octanol–water partition coefficient (Wildman–Crippen LogP) is 4.49. The van der Waals surface area contributed by atoms with Crippen molar-refractivity contribution in [3.63, 3.8) is 0 Å². The van der Waals surface area contributed by atoms with Gasteiger partial charge in [-0.3, -0.25) is 0 Å². The topological polar surface area (TPSA) is 26.3 Å². The number of halogens is 3. The summed E-state index contributed by atoms with van der Waals surface area (Å²) in [5.41, 5.74) is 0.381. The first-order chi connectivity index (χ1) is 8.54. The average Bonchev–Trinajstić information content (AvgIpc) is 2.32. The first-order valence-corrected chi connectivity index (χ1v) is 6.29. The largest absolute Gasteiger partial charge is 0.463 e. The highest BCUT2D eigenvalue weighted by molar-refractivity contribution is 6.35. The van der Waals surface area contributed by atoms with E-state index in [1.807, 2.05) is 6.92 Å². The zero-order valence-corrected chi connectivity index (χ0v) is 11.4. The lowest BCUT2D eigenvalue weighted by atomic mass is 10.2. The molecule has 0 unspecified atom stereocenters. The third-order valence-corrected chi connectivity index (χ3v) is 2.80. The normalized spacial score (nSPS) is 10.9. The number of carbonyl (C=O) groups excluding carboxylic acids is 1. The van der Waals surface area contributed by atoms with Crippen molar-refractivity contribution >= 4 is 35.2 Å². The molecule has 0 saturated heterocycles. The molecule has 0 radical (unpaired) electrons. The van der Waals surface area contributed by atoms with Crippen molar-refractivity contribution in [3.8, 4) is 0 Å². The van der Waals surface area contributed by atoms with E-state index in [1.165, 1.54) is 24.3 Å². The van der Waals surface area contributed by atoms with Gasteiger partial charge in [0, 0.05) is 11.1 Å². The van der Waals surface area contributed by atoms with E-state index in [0.717, 1.165) is 12.8 Å². The van der Waals surface area contributed by atoms with E-state index in [0.29, 0.717) is 12.2 Å². The van der Waals surface area contributed by atoms with Gasteiger partial charge in [-0.05, 0) is 30.2 Å². The number of hydrogen-bond acceptors (Lipinski definition) is 2. The quantitative estimate of drug-likeness (QED) is 0.346. The summed E-state index contributed by atoms with van der Waals surface area (Å²) in [6.45, 7) is 2.38. The van der Waals surface area contributed by atoms with Crippen LogP contribution in [-0.4, -0.2) is 12.6 Å². The molecule has 0 aliphatic rings. The van der Waals surface area contributed by atoms with Crippen LogP contribution in [0.3, 0.4) is 0 Å². The van der Waals surface area contributed by atoms with Gasteiger partial charge in [-0.15, -0.1) is 0 Å². The molecule has 0 saturated carbocycles. The van der Waals surface area contributed by atoms with Crippen LogP contribution in [0.5, 0.6) is 0 Å². The Balaban J connectivity index is 2.66. The highest BCUT2D eigenvalue weighted by atomic mass is 35.5. The maximum absolute atomic E-state index is 13.2. The molecule has 1 rings (SSSR count). The Morgan fingerprint density at radius 3 is 2.78 bits per heavy atom. The molecule has 0 heterocycles. The number of benzene rings is 1. The van der Waals surface area contributed by atoms with Gasteiger partial charge in [0.05, 0.1) is 11.6 Å². The molecule has 1 aromatic rings. The summed E-state index contributed by atoms with van der Waals surface area (Å²) in [6, 6.07) is 2.46. The molecule has 18 heavy (non-hydrogen) atoms. The van der Waals surface area contributed by atoms with Gasteiger partial charge in [-0.2, -0.15) is 0 Å². The lowest BCUT2D eigenvalue weighted by molar-refractivity contribution is -0.137. The molecular formula is C13H13Cl2FO2. The molecule has 0 bridgehead atoms. The van der Waals surface area contributed by atoms with E-state index in [-0.39, 0.29) is 10.0 Å². The summed E-state index contributed by atoms with van der Waals surface area (Å²) >= 11 is 11.4. The van der Waals surface area contributed by atoms with Crippen LogP contribution >= 0.6 is 23.2 Å². The highest BCUT2D eigenvalue weighted by Gasteiger charge is 2.05. The second-order valence-electron chi connectivity index (χ2n) is 3.64. The van der Waals surface area contributed by atoms with Gasteiger partial charge >= 0.3 is 5.97 Å². The second kappa shape index (κ2) is 7.39. The number of unbranched alkanes of at least 4 members (excludes halogenated alkanes) is 1. The van der Waals surface area contributed by atoms with Crippen molar-refractivity contribution in [2.75, 3.05) is 6.61 Å². The zero-order chi connectivity index (χ0) is 13.5. The van der Waals surface area contributed by atoms with Gasteiger partial charge in [0.15, 0.2) is 0 Å². The van der Waals surface area contributed by atoms with Crippen LogP contribution in [0, 0.1) is 5.82 Å².